The molecule has 0 aliphatic heterocycles. The summed E-state index contributed by atoms with van der Waals surface area (Å²) in [5, 5.41) is 3.72. The fourth-order valence-electron chi connectivity index (χ4n) is 4.44. The Labute approximate surface area is 240 Å². The molecule has 0 aliphatic rings. The Balaban J connectivity index is 1.72. The summed E-state index contributed by atoms with van der Waals surface area (Å²) in [6.45, 7) is 6.62. The molecule has 8 heteroatoms. The summed E-state index contributed by atoms with van der Waals surface area (Å²) in [6.07, 6.45) is 2.88. The number of benzene rings is 3. The van der Waals surface area contributed by atoms with E-state index in [1.54, 1.807) is 6.07 Å². The molecule has 0 bridgehead atoms. The van der Waals surface area contributed by atoms with Crippen molar-refractivity contribution in [2.24, 2.45) is 11.7 Å². The summed E-state index contributed by atoms with van der Waals surface area (Å²) in [5.41, 5.74) is 9.88. The van der Waals surface area contributed by atoms with Gasteiger partial charge in [0.1, 0.15) is 5.82 Å². The van der Waals surface area contributed by atoms with E-state index in [1.165, 1.54) is 5.56 Å². The predicted octanol–water partition coefficient (Wildman–Crippen LogP) is 8.04. The van der Waals surface area contributed by atoms with Crippen molar-refractivity contribution >= 4 is 34.8 Å². The number of rotatable bonds is 12. The van der Waals surface area contributed by atoms with Gasteiger partial charge in [0.2, 0.25) is 0 Å². The van der Waals surface area contributed by atoms with Crippen LogP contribution in [0.2, 0.25) is 15.1 Å². The number of imidazole rings is 1. The molecule has 0 saturated carbocycles. The van der Waals surface area contributed by atoms with Gasteiger partial charge in [0, 0.05) is 29.9 Å². The van der Waals surface area contributed by atoms with Crippen molar-refractivity contribution in [3.8, 4) is 11.3 Å². The molecule has 1 heterocycles. The Kier molecular flexibility index (Phi) is 10.3. The Bertz CT molecular complexity index is 1330. The minimum Gasteiger partial charge on any atom is -0.330 e. The van der Waals surface area contributed by atoms with Gasteiger partial charge in [0.15, 0.2) is 0 Å². The second kappa shape index (κ2) is 13.6. The Hall–Kier alpha value is -2.38. The Morgan fingerprint density at radius 3 is 2.39 bits per heavy atom. The van der Waals surface area contributed by atoms with Crippen molar-refractivity contribution in [2.45, 2.75) is 39.5 Å². The molecule has 38 heavy (non-hydrogen) atoms. The van der Waals surface area contributed by atoms with Gasteiger partial charge in [-0.2, -0.15) is 5.06 Å². The molecule has 0 unspecified atom stereocenters. The molecule has 5 nitrogen and oxygen atoms in total. The van der Waals surface area contributed by atoms with E-state index in [0.29, 0.717) is 41.3 Å². The zero-order valence-corrected chi connectivity index (χ0v) is 23.9. The van der Waals surface area contributed by atoms with Crippen molar-refractivity contribution in [3.63, 3.8) is 0 Å². The van der Waals surface area contributed by atoms with Crippen LogP contribution in [0.4, 0.5) is 0 Å². The van der Waals surface area contributed by atoms with Crippen LogP contribution in [-0.4, -0.2) is 27.7 Å². The zero-order chi connectivity index (χ0) is 27.1. The molecule has 4 aromatic rings. The average Bonchev–Trinajstić information content (AvgIpc) is 3.31. The van der Waals surface area contributed by atoms with Gasteiger partial charge in [-0.15, -0.1) is 0 Å². The Morgan fingerprint density at radius 1 is 0.921 bits per heavy atom. The second-order valence-corrected chi connectivity index (χ2v) is 10.9. The van der Waals surface area contributed by atoms with Gasteiger partial charge < -0.3 is 10.3 Å². The van der Waals surface area contributed by atoms with Crippen LogP contribution in [0.25, 0.3) is 11.3 Å². The van der Waals surface area contributed by atoms with E-state index in [2.05, 4.69) is 48.9 Å². The first kappa shape index (κ1) is 28.6. The van der Waals surface area contributed by atoms with E-state index in [-0.39, 0.29) is 12.0 Å². The van der Waals surface area contributed by atoms with Gasteiger partial charge in [0.25, 0.3) is 0 Å². The maximum Gasteiger partial charge on any atom is 0.129 e. The minimum absolute atomic E-state index is 0.124. The van der Waals surface area contributed by atoms with Crippen molar-refractivity contribution in [1.29, 1.82) is 0 Å². The molecule has 0 radical (unpaired) electrons. The van der Waals surface area contributed by atoms with Crippen LogP contribution >= 0.6 is 34.8 Å². The second-order valence-electron chi connectivity index (χ2n) is 9.60. The lowest BCUT2D eigenvalue weighted by Crippen LogP contribution is -2.35. The summed E-state index contributed by atoms with van der Waals surface area (Å²) in [6, 6.07) is 23.6. The van der Waals surface area contributed by atoms with Crippen molar-refractivity contribution in [2.75, 3.05) is 13.1 Å². The van der Waals surface area contributed by atoms with Crippen LogP contribution in [0, 0.1) is 5.92 Å². The zero-order valence-electron chi connectivity index (χ0n) is 21.7. The largest absolute Gasteiger partial charge is 0.330 e. The predicted molar refractivity (Wildman–Crippen MR) is 157 cm³/mol. The summed E-state index contributed by atoms with van der Waals surface area (Å²) in [4.78, 5) is 11.6. The third-order valence-corrected chi connectivity index (χ3v) is 7.27. The lowest BCUT2D eigenvalue weighted by atomic mass is 10.0. The standard InChI is InChI=1S/C30H33Cl3N4O/c1-21(2)29(37(15-7-14-34)38-20-23-12-13-26(32)27(33)16-23)30-35-28(24-10-6-11-25(31)17-24)19-36(30)18-22-8-4-3-5-9-22/h3-6,8-13,16-17,19,21,29H,7,14-15,18,20,34H2,1-2H3/t29-/m1/s1. The van der Waals surface area contributed by atoms with Gasteiger partial charge in [-0.1, -0.05) is 97.2 Å². The lowest BCUT2D eigenvalue weighted by Gasteiger charge is -2.33. The molecule has 2 N–H and O–H groups in total. The molecule has 3 aromatic carbocycles. The molecule has 0 aliphatic carbocycles. The molecule has 0 fully saturated rings. The number of nitrogens with two attached hydrogens (primary N) is 1. The van der Waals surface area contributed by atoms with E-state index < -0.39 is 0 Å². The van der Waals surface area contributed by atoms with Crippen molar-refractivity contribution in [3.05, 3.63) is 111 Å². The van der Waals surface area contributed by atoms with Crippen LogP contribution in [0.5, 0.6) is 0 Å². The first-order valence-corrected chi connectivity index (χ1v) is 13.9. The summed E-state index contributed by atoms with van der Waals surface area (Å²) < 4.78 is 2.22. The van der Waals surface area contributed by atoms with E-state index >= 15 is 0 Å². The van der Waals surface area contributed by atoms with Gasteiger partial charge >= 0.3 is 0 Å². The fourth-order valence-corrected chi connectivity index (χ4v) is 4.95. The van der Waals surface area contributed by atoms with E-state index in [0.717, 1.165) is 29.1 Å². The molecule has 0 spiro atoms. The monoisotopic (exact) mass is 570 g/mol. The number of hydrogen-bond donors (Lipinski definition) is 1. The number of hydrogen-bond acceptors (Lipinski definition) is 4. The Morgan fingerprint density at radius 2 is 1.71 bits per heavy atom. The highest BCUT2D eigenvalue weighted by Crippen LogP contribution is 2.33. The van der Waals surface area contributed by atoms with Crippen LogP contribution in [0.3, 0.4) is 0 Å². The van der Waals surface area contributed by atoms with Gasteiger partial charge in [-0.3, -0.25) is 4.84 Å². The maximum absolute atomic E-state index is 6.44. The number of halogens is 3. The van der Waals surface area contributed by atoms with Crippen LogP contribution < -0.4 is 5.73 Å². The highest BCUT2D eigenvalue weighted by Gasteiger charge is 2.30. The highest BCUT2D eigenvalue weighted by atomic mass is 35.5. The van der Waals surface area contributed by atoms with Crippen LogP contribution in [0.1, 0.15) is 43.3 Å². The van der Waals surface area contributed by atoms with Crippen LogP contribution in [0.15, 0.2) is 79.0 Å². The SMILES string of the molecule is CC(C)[C@H](c1nc(-c2cccc(Cl)c2)cn1Cc1ccccc1)N(CCCN)OCc1ccc(Cl)c(Cl)c1. The number of nitrogens with zero attached hydrogens (tertiary/aromatic N) is 3. The first-order valence-electron chi connectivity index (χ1n) is 12.8. The third-order valence-electron chi connectivity index (χ3n) is 6.29. The number of aromatic nitrogens is 2. The van der Waals surface area contributed by atoms with Crippen LogP contribution in [-0.2, 0) is 18.0 Å². The smallest absolute Gasteiger partial charge is 0.129 e. The van der Waals surface area contributed by atoms with Crippen molar-refractivity contribution in [1.82, 2.24) is 14.6 Å². The molecule has 200 valence electrons. The lowest BCUT2D eigenvalue weighted by molar-refractivity contribution is -0.209. The molecule has 4 rings (SSSR count). The topological polar surface area (TPSA) is 56.3 Å². The number of hydroxylamine groups is 2. The van der Waals surface area contributed by atoms with Crippen molar-refractivity contribution < 1.29 is 4.84 Å². The minimum atomic E-state index is -0.124. The highest BCUT2D eigenvalue weighted by molar-refractivity contribution is 6.42. The first-order chi connectivity index (χ1) is 18.4. The summed E-state index contributed by atoms with van der Waals surface area (Å²) >= 11 is 18.7. The van der Waals surface area contributed by atoms with Gasteiger partial charge in [-0.25, -0.2) is 4.98 Å². The van der Waals surface area contributed by atoms with E-state index in [4.69, 9.17) is 50.4 Å². The summed E-state index contributed by atoms with van der Waals surface area (Å²) in [7, 11) is 0. The molecular formula is C30H33Cl3N4O. The normalized spacial score (nSPS) is 12.4. The fraction of sp³-hybridized carbons (Fsp3) is 0.300. The van der Waals surface area contributed by atoms with Gasteiger partial charge in [0.05, 0.1) is 28.4 Å². The van der Waals surface area contributed by atoms with E-state index in [9.17, 15) is 0 Å². The van der Waals surface area contributed by atoms with Gasteiger partial charge in [-0.05, 0) is 54.3 Å². The van der Waals surface area contributed by atoms with E-state index in [1.807, 2.05) is 47.5 Å². The quantitative estimate of drug-likeness (QED) is 0.175. The third kappa shape index (κ3) is 7.38. The molecular weight excluding hydrogens is 539 g/mol. The molecule has 0 amide bonds. The molecule has 1 atom stereocenters. The molecule has 1 aromatic heterocycles. The average molecular weight is 572 g/mol. The maximum atomic E-state index is 6.44. The summed E-state index contributed by atoms with van der Waals surface area (Å²) in [5.74, 6) is 1.12. The molecule has 0 saturated heterocycles.